The summed E-state index contributed by atoms with van der Waals surface area (Å²) in [4.78, 5) is 4.79. The van der Waals surface area contributed by atoms with Crippen LogP contribution in [0.25, 0.3) is 0 Å². The van der Waals surface area contributed by atoms with Gasteiger partial charge >= 0.3 is 0 Å². The molecule has 0 radical (unpaired) electrons. The second-order valence-electron chi connectivity index (χ2n) is 8.32. The lowest BCUT2D eigenvalue weighted by molar-refractivity contribution is 0.272. The summed E-state index contributed by atoms with van der Waals surface area (Å²) in [5, 5.41) is 6.87. The number of nitrogens with zero attached hydrogens (tertiary/aromatic N) is 2. The number of guanidine groups is 1. The molecule has 0 spiro atoms. The lowest BCUT2D eigenvalue weighted by Crippen LogP contribution is -2.50. The molecule has 1 aliphatic carbocycles. The number of nitrogens with one attached hydrogen (secondary N) is 2. The summed E-state index contributed by atoms with van der Waals surface area (Å²) in [7, 11) is -3.07. The number of sulfonamides is 1. The molecule has 158 valence electrons. The topological polar surface area (TPSA) is 73.8 Å². The first kappa shape index (κ1) is 22.5. The van der Waals surface area contributed by atoms with Crippen LogP contribution in [0.2, 0.25) is 0 Å². The van der Waals surface area contributed by atoms with Crippen molar-refractivity contribution in [2.45, 2.75) is 78.2 Å². The summed E-state index contributed by atoms with van der Waals surface area (Å²) in [6.45, 7) is 9.30. The van der Waals surface area contributed by atoms with Crippen LogP contribution >= 0.6 is 0 Å². The zero-order valence-electron chi connectivity index (χ0n) is 17.5. The Labute approximate surface area is 166 Å². The molecule has 0 aromatic rings. The molecule has 0 aromatic carbocycles. The summed E-state index contributed by atoms with van der Waals surface area (Å²) >= 11 is 0. The van der Waals surface area contributed by atoms with Crippen LogP contribution in [0, 0.1) is 11.8 Å². The average molecular weight is 401 g/mol. The maximum absolute atomic E-state index is 12.2. The third-order valence-electron chi connectivity index (χ3n) is 5.85. The first-order valence-electron chi connectivity index (χ1n) is 11.0. The van der Waals surface area contributed by atoms with E-state index in [1.807, 2.05) is 6.92 Å². The fourth-order valence-electron chi connectivity index (χ4n) is 4.36. The van der Waals surface area contributed by atoms with Crippen LogP contribution in [0.1, 0.15) is 72.1 Å². The molecule has 2 unspecified atom stereocenters. The van der Waals surface area contributed by atoms with Gasteiger partial charge < -0.3 is 10.6 Å². The highest BCUT2D eigenvalue weighted by molar-refractivity contribution is 7.89. The Morgan fingerprint density at radius 1 is 1.15 bits per heavy atom. The Morgan fingerprint density at radius 3 is 2.52 bits per heavy atom. The Kier molecular flexibility index (Phi) is 9.36. The van der Waals surface area contributed by atoms with Gasteiger partial charge in [0.15, 0.2) is 5.96 Å². The molecule has 1 heterocycles. The van der Waals surface area contributed by atoms with Crippen molar-refractivity contribution >= 4 is 16.0 Å². The van der Waals surface area contributed by atoms with Crippen LogP contribution in [0.3, 0.4) is 0 Å². The zero-order valence-corrected chi connectivity index (χ0v) is 18.4. The van der Waals surface area contributed by atoms with E-state index < -0.39 is 10.0 Å². The van der Waals surface area contributed by atoms with Crippen LogP contribution in [0.4, 0.5) is 0 Å². The van der Waals surface area contributed by atoms with Gasteiger partial charge in [-0.1, -0.05) is 33.1 Å². The molecule has 2 rings (SSSR count). The third-order valence-corrected chi connectivity index (χ3v) is 7.92. The number of piperidine rings is 1. The molecule has 27 heavy (non-hydrogen) atoms. The molecule has 1 aliphatic heterocycles. The van der Waals surface area contributed by atoms with Gasteiger partial charge in [-0.25, -0.2) is 12.7 Å². The van der Waals surface area contributed by atoms with Crippen LogP contribution in [0.5, 0.6) is 0 Å². The molecule has 2 fully saturated rings. The summed E-state index contributed by atoms with van der Waals surface area (Å²) in [5.74, 6) is 2.84. The molecule has 0 amide bonds. The molecular weight excluding hydrogens is 360 g/mol. The van der Waals surface area contributed by atoms with Gasteiger partial charge in [-0.3, -0.25) is 4.99 Å². The van der Waals surface area contributed by atoms with Gasteiger partial charge in [-0.15, -0.1) is 0 Å². The van der Waals surface area contributed by atoms with Gasteiger partial charge in [0.25, 0.3) is 0 Å². The van der Waals surface area contributed by atoms with E-state index >= 15 is 0 Å². The molecule has 2 atom stereocenters. The van der Waals surface area contributed by atoms with Crippen molar-refractivity contribution in [3.8, 4) is 0 Å². The minimum absolute atomic E-state index is 0.259. The fraction of sp³-hybridized carbons (Fsp3) is 0.950. The lowest BCUT2D eigenvalue weighted by Gasteiger charge is -2.32. The Morgan fingerprint density at radius 2 is 1.89 bits per heavy atom. The highest BCUT2D eigenvalue weighted by Gasteiger charge is 2.27. The number of hydrogen-bond donors (Lipinski definition) is 2. The maximum atomic E-state index is 12.2. The van der Waals surface area contributed by atoms with Crippen molar-refractivity contribution < 1.29 is 8.42 Å². The monoisotopic (exact) mass is 400 g/mol. The minimum atomic E-state index is -3.07. The third kappa shape index (κ3) is 7.60. The van der Waals surface area contributed by atoms with E-state index in [0.717, 1.165) is 43.7 Å². The van der Waals surface area contributed by atoms with Crippen molar-refractivity contribution in [3.63, 3.8) is 0 Å². The predicted octanol–water partition coefficient (Wildman–Crippen LogP) is 2.96. The smallest absolute Gasteiger partial charge is 0.214 e. The highest BCUT2D eigenvalue weighted by Crippen LogP contribution is 2.30. The molecule has 0 aromatic heterocycles. The summed E-state index contributed by atoms with van der Waals surface area (Å²) in [5.41, 5.74) is 0. The van der Waals surface area contributed by atoms with E-state index in [0.29, 0.717) is 25.6 Å². The van der Waals surface area contributed by atoms with Crippen LogP contribution in [-0.4, -0.2) is 56.7 Å². The average Bonchev–Trinajstić information content (AvgIpc) is 2.62. The van der Waals surface area contributed by atoms with Crippen molar-refractivity contribution in [1.29, 1.82) is 0 Å². The van der Waals surface area contributed by atoms with Gasteiger partial charge in [0.2, 0.25) is 10.0 Å². The van der Waals surface area contributed by atoms with E-state index in [1.165, 1.54) is 32.1 Å². The standard InChI is InChI=1S/C20H40N4O2S/c1-4-15-27(25,26)24-13-10-19(11-14-24)23-20(21-5-2)22-12-9-18-8-6-7-17(3)16-18/h17-19H,4-16H2,1-3H3,(H2,21,22,23). The number of hydrogen-bond acceptors (Lipinski definition) is 3. The van der Waals surface area contributed by atoms with E-state index in [9.17, 15) is 8.42 Å². The Bertz CT molecular complexity index is 556. The molecule has 6 nitrogen and oxygen atoms in total. The van der Waals surface area contributed by atoms with Gasteiger partial charge in [-0.2, -0.15) is 0 Å². The van der Waals surface area contributed by atoms with E-state index in [4.69, 9.17) is 4.99 Å². The van der Waals surface area contributed by atoms with Gasteiger partial charge in [0.1, 0.15) is 0 Å². The second-order valence-corrected chi connectivity index (χ2v) is 10.4. The van der Waals surface area contributed by atoms with Crippen LogP contribution in [0.15, 0.2) is 4.99 Å². The van der Waals surface area contributed by atoms with Crippen LogP contribution in [-0.2, 0) is 10.0 Å². The lowest BCUT2D eigenvalue weighted by atomic mass is 9.81. The van der Waals surface area contributed by atoms with Crippen molar-refractivity contribution in [2.24, 2.45) is 16.8 Å². The predicted molar refractivity (Wildman–Crippen MR) is 114 cm³/mol. The van der Waals surface area contributed by atoms with E-state index in [-0.39, 0.29) is 5.75 Å². The molecule has 2 N–H and O–H groups in total. The Hall–Kier alpha value is -0.820. The van der Waals surface area contributed by atoms with Crippen molar-refractivity contribution in [1.82, 2.24) is 14.9 Å². The first-order chi connectivity index (χ1) is 12.9. The normalized spacial score (nSPS) is 26.1. The first-order valence-corrected chi connectivity index (χ1v) is 12.6. The Balaban J connectivity index is 1.78. The van der Waals surface area contributed by atoms with Crippen molar-refractivity contribution in [3.05, 3.63) is 0 Å². The second kappa shape index (κ2) is 11.2. The summed E-state index contributed by atoms with van der Waals surface area (Å²) < 4.78 is 26.1. The van der Waals surface area contributed by atoms with Gasteiger partial charge in [0.05, 0.1) is 5.75 Å². The molecule has 0 bridgehead atoms. The molecule has 1 saturated heterocycles. The summed E-state index contributed by atoms with van der Waals surface area (Å²) in [6.07, 6.45) is 9.00. The zero-order chi connectivity index (χ0) is 19.7. The van der Waals surface area contributed by atoms with Crippen LogP contribution < -0.4 is 10.6 Å². The van der Waals surface area contributed by atoms with E-state index in [2.05, 4.69) is 24.5 Å². The molecule has 2 aliphatic rings. The summed E-state index contributed by atoms with van der Waals surface area (Å²) in [6, 6.07) is 0.297. The molecule has 1 saturated carbocycles. The van der Waals surface area contributed by atoms with E-state index in [1.54, 1.807) is 4.31 Å². The van der Waals surface area contributed by atoms with Gasteiger partial charge in [0, 0.05) is 32.2 Å². The minimum Gasteiger partial charge on any atom is -0.357 e. The molecule has 7 heteroatoms. The molecular formula is C20H40N4O2S. The number of rotatable bonds is 8. The number of aliphatic imine (C=N–C) groups is 1. The SMILES string of the molecule is CCCS(=O)(=O)N1CCC(NC(=NCCC2CCCC(C)C2)NCC)CC1. The highest BCUT2D eigenvalue weighted by atomic mass is 32.2. The quantitative estimate of drug-likeness (QED) is 0.485. The maximum Gasteiger partial charge on any atom is 0.214 e. The largest absolute Gasteiger partial charge is 0.357 e. The fourth-order valence-corrected chi connectivity index (χ4v) is 5.90. The van der Waals surface area contributed by atoms with Crippen molar-refractivity contribution in [2.75, 3.05) is 31.9 Å². The van der Waals surface area contributed by atoms with Gasteiger partial charge in [-0.05, 0) is 50.9 Å².